The van der Waals surface area contributed by atoms with Crippen molar-refractivity contribution in [2.45, 2.75) is 38.8 Å². The van der Waals surface area contributed by atoms with Crippen LogP contribution in [0.3, 0.4) is 0 Å². The molecule has 1 amide bonds. The smallest absolute Gasteiger partial charge is 0.408 e. The number of rotatable bonds is 4. The van der Waals surface area contributed by atoms with Crippen LogP contribution in [0.1, 0.15) is 26.3 Å². The molecule has 1 atom stereocenters. The summed E-state index contributed by atoms with van der Waals surface area (Å²) in [6.07, 6.45) is 1.56. The molecule has 3 heteroatoms. The second kappa shape index (κ2) is 6.24. The number of carbonyl (C=O) groups is 1. The lowest BCUT2D eigenvalue weighted by Crippen LogP contribution is -2.42. The molecule has 0 aliphatic rings. The molecule has 0 aromatic heterocycles. The van der Waals surface area contributed by atoms with Crippen molar-refractivity contribution in [3.05, 3.63) is 48.6 Å². The molecule has 0 saturated carbocycles. The van der Waals surface area contributed by atoms with E-state index in [-0.39, 0.29) is 11.6 Å². The second-order valence-corrected chi connectivity index (χ2v) is 5.24. The van der Waals surface area contributed by atoms with Gasteiger partial charge in [0, 0.05) is 12.0 Å². The monoisotopic (exact) mass is 247 g/mol. The zero-order valence-electron chi connectivity index (χ0n) is 11.3. The maximum absolute atomic E-state index is 11.6. The van der Waals surface area contributed by atoms with E-state index >= 15 is 0 Å². The third kappa shape index (κ3) is 5.53. The van der Waals surface area contributed by atoms with Crippen LogP contribution in [-0.4, -0.2) is 17.7 Å². The Kier molecular flexibility index (Phi) is 4.95. The molecule has 0 fully saturated rings. The van der Waals surface area contributed by atoms with Crippen LogP contribution in [0, 0.1) is 0 Å². The van der Waals surface area contributed by atoms with Crippen molar-refractivity contribution in [2.24, 2.45) is 0 Å². The summed E-state index contributed by atoms with van der Waals surface area (Å²) in [5.74, 6) is 0. The fraction of sp³-hybridized carbons (Fsp3) is 0.400. The molecule has 3 nitrogen and oxygen atoms in total. The van der Waals surface area contributed by atoms with E-state index in [1.807, 2.05) is 51.1 Å². The van der Waals surface area contributed by atoms with E-state index in [1.165, 1.54) is 0 Å². The third-order valence-electron chi connectivity index (χ3n) is 2.28. The van der Waals surface area contributed by atoms with Gasteiger partial charge in [-0.05, 0) is 26.3 Å². The van der Waals surface area contributed by atoms with Crippen molar-refractivity contribution in [3.8, 4) is 0 Å². The first-order chi connectivity index (χ1) is 8.40. The van der Waals surface area contributed by atoms with Crippen LogP contribution in [0.4, 0.5) is 4.79 Å². The Balaban J connectivity index is 2.53. The van der Waals surface area contributed by atoms with Gasteiger partial charge in [-0.1, -0.05) is 43.0 Å². The van der Waals surface area contributed by atoms with Gasteiger partial charge in [0.25, 0.3) is 0 Å². The number of nitrogens with one attached hydrogen (secondary N) is 1. The minimum Gasteiger partial charge on any atom is -0.442 e. The van der Waals surface area contributed by atoms with Gasteiger partial charge in [-0.25, -0.2) is 4.79 Å². The maximum atomic E-state index is 11.6. The quantitative estimate of drug-likeness (QED) is 0.829. The van der Waals surface area contributed by atoms with Crippen LogP contribution in [0.15, 0.2) is 43.0 Å². The molecule has 0 aliphatic carbocycles. The standard InChI is InChI=1S/C15H21NO2/c1-5-13(11-12-9-7-6-8-10-12)18-14(17)16-15(2,3)4/h5-10,13H,1,11H2,2-4H3,(H,16,17)/t13-/m1/s1. The molecular weight excluding hydrogens is 226 g/mol. The summed E-state index contributed by atoms with van der Waals surface area (Å²) in [7, 11) is 0. The molecule has 0 unspecified atom stereocenters. The van der Waals surface area contributed by atoms with Crippen molar-refractivity contribution in [1.29, 1.82) is 0 Å². The van der Waals surface area contributed by atoms with Crippen molar-refractivity contribution in [1.82, 2.24) is 5.32 Å². The van der Waals surface area contributed by atoms with Crippen LogP contribution < -0.4 is 5.32 Å². The van der Waals surface area contributed by atoms with Gasteiger partial charge in [0.15, 0.2) is 0 Å². The fourth-order valence-corrected chi connectivity index (χ4v) is 1.49. The first kappa shape index (κ1) is 14.3. The predicted molar refractivity (Wildman–Crippen MR) is 73.5 cm³/mol. The van der Waals surface area contributed by atoms with Gasteiger partial charge in [0.05, 0.1) is 0 Å². The largest absolute Gasteiger partial charge is 0.442 e. The minimum atomic E-state index is -0.414. The summed E-state index contributed by atoms with van der Waals surface area (Å²) in [5, 5.41) is 2.76. The average Bonchev–Trinajstić information content (AvgIpc) is 2.27. The SMILES string of the molecule is C=C[C@H](Cc1ccccc1)OC(=O)NC(C)(C)C. The summed E-state index contributed by atoms with van der Waals surface area (Å²) in [6, 6.07) is 9.89. The molecule has 1 aromatic carbocycles. The van der Waals surface area contributed by atoms with E-state index in [0.29, 0.717) is 6.42 Å². The van der Waals surface area contributed by atoms with Crippen LogP contribution in [0.5, 0.6) is 0 Å². The minimum absolute atomic E-state index is 0.296. The van der Waals surface area contributed by atoms with Crippen molar-refractivity contribution >= 4 is 6.09 Å². The van der Waals surface area contributed by atoms with E-state index in [4.69, 9.17) is 4.74 Å². The lowest BCUT2D eigenvalue weighted by Gasteiger charge is -2.22. The van der Waals surface area contributed by atoms with Crippen LogP contribution in [-0.2, 0) is 11.2 Å². The number of amides is 1. The maximum Gasteiger partial charge on any atom is 0.408 e. The molecule has 0 aliphatic heterocycles. The van der Waals surface area contributed by atoms with E-state index < -0.39 is 6.09 Å². The van der Waals surface area contributed by atoms with Crippen molar-refractivity contribution < 1.29 is 9.53 Å². The molecule has 1 aromatic rings. The average molecular weight is 247 g/mol. The van der Waals surface area contributed by atoms with Gasteiger partial charge in [-0.3, -0.25) is 0 Å². The molecular formula is C15H21NO2. The van der Waals surface area contributed by atoms with E-state index in [2.05, 4.69) is 11.9 Å². The zero-order chi connectivity index (χ0) is 13.6. The van der Waals surface area contributed by atoms with Gasteiger partial charge in [-0.2, -0.15) is 0 Å². The fourth-order valence-electron chi connectivity index (χ4n) is 1.49. The number of hydrogen-bond acceptors (Lipinski definition) is 2. The molecule has 0 spiro atoms. The second-order valence-electron chi connectivity index (χ2n) is 5.24. The Morgan fingerprint density at radius 1 is 1.39 bits per heavy atom. The van der Waals surface area contributed by atoms with Gasteiger partial charge in [0.1, 0.15) is 6.10 Å². The summed E-state index contributed by atoms with van der Waals surface area (Å²) in [4.78, 5) is 11.6. The zero-order valence-corrected chi connectivity index (χ0v) is 11.3. The van der Waals surface area contributed by atoms with Crippen molar-refractivity contribution in [2.75, 3.05) is 0 Å². The molecule has 0 saturated heterocycles. The number of benzene rings is 1. The van der Waals surface area contributed by atoms with Crippen molar-refractivity contribution in [3.63, 3.8) is 0 Å². The van der Waals surface area contributed by atoms with Gasteiger partial charge < -0.3 is 10.1 Å². The molecule has 0 radical (unpaired) electrons. The molecule has 1 rings (SSSR count). The van der Waals surface area contributed by atoms with E-state index in [1.54, 1.807) is 6.08 Å². The number of hydrogen-bond donors (Lipinski definition) is 1. The van der Waals surface area contributed by atoms with Crippen LogP contribution in [0.2, 0.25) is 0 Å². The third-order valence-corrected chi connectivity index (χ3v) is 2.28. The highest BCUT2D eigenvalue weighted by Crippen LogP contribution is 2.08. The first-order valence-corrected chi connectivity index (χ1v) is 6.06. The number of carbonyl (C=O) groups excluding carboxylic acids is 1. The number of ether oxygens (including phenoxy) is 1. The molecule has 18 heavy (non-hydrogen) atoms. The lowest BCUT2D eigenvalue weighted by atomic mass is 10.1. The molecule has 98 valence electrons. The Morgan fingerprint density at radius 2 is 2.00 bits per heavy atom. The highest BCUT2D eigenvalue weighted by atomic mass is 16.6. The predicted octanol–water partition coefficient (Wildman–Crippen LogP) is 3.31. The normalized spacial score (nSPS) is 12.6. The summed E-state index contributed by atoms with van der Waals surface area (Å²) in [6.45, 7) is 9.43. The Morgan fingerprint density at radius 3 is 2.50 bits per heavy atom. The summed E-state index contributed by atoms with van der Waals surface area (Å²) < 4.78 is 5.31. The van der Waals surface area contributed by atoms with E-state index in [0.717, 1.165) is 5.56 Å². The Hall–Kier alpha value is -1.77. The number of alkyl carbamates (subject to hydrolysis) is 1. The van der Waals surface area contributed by atoms with Gasteiger partial charge >= 0.3 is 6.09 Å². The Bertz CT molecular complexity index is 393. The molecule has 1 N–H and O–H groups in total. The summed E-state index contributed by atoms with van der Waals surface area (Å²) >= 11 is 0. The first-order valence-electron chi connectivity index (χ1n) is 6.06. The van der Waals surface area contributed by atoms with E-state index in [9.17, 15) is 4.79 Å². The van der Waals surface area contributed by atoms with Gasteiger partial charge in [-0.15, -0.1) is 0 Å². The Labute approximate surface area is 109 Å². The molecule has 0 bridgehead atoms. The van der Waals surface area contributed by atoms with Crippen LogP contribution in [0.25, 0.3) is 0 Å². The summed E-state index contributed by atoms with van der Waals surface area (Å²) in [5.41, 5.74) is 0.821. The van der Waals surface area contributed by atoms with Gasteiger partial charge in [0.2, 0.25) is 0 Å². The highest BCUT2D eigenvalue weighted by Gasteiger charge is 2.17. The highest BCUT2D eigenvalue weighted by molar-refractivity contribution is 5.68. The molecule has 0 heterocycles. The topological polar surface area (TPSA) is 38.3 Å². The van der Waals surface area contributed by atoms with Crippen LogP contribution >= 0.6 is 0 Å². The lowest BCUT2D eigenvalue weighted by molar-refractivity contribution is 0.112.